The molecule has 5 nitrogen and oxygen atoms in total. The summed E-state index contributed by atoms with van der Waals surface area (Å²) in [5, 5.41) is 4.55. The maximum atomic E-state index is 5.22. The van der Waals surface area contributed by atoms with Crippen LogP contribution in [0.15, 0.2) is 84.0 Å². The minimum absolute atomic E-state index is 0.667. The molecule has 1 N–H and O–H groups in total. The SMILES string of the molecule is COc1ccc(/C(C)=N/Nc2nc3ccccc3nc2Cc2ccccc2)cc1. The van der Waals surface area contributed by atoms with Gasteiger partial charge in [0, 0.05) is 6.42 Å². The van der Waals surface area contributed by atoms with E-state index in [0.717, 1.165) is 33.8 Å². The minimum Gasteiger partial charge on any atom is -0.497 e. The number of nitrogens with one attached hydrogen (secondary N) is 1. The van der Waals surface area contributed by atoms with E-state index in [0.29, 0.717) is 12.2 Å². The molecule has 0 radical (unpaired) electrons. The average molecular weight is 382 g/mol. The largest absolute Gasteiger partial charge is 0.497 e. The molecule has 0 aliphatic heterocycles. The van der Waals surface area contributed by atoms with Crippen LogP contribution >= 0.6 is 0 Å². The van der Waals surface area contributed by atoms with E-state index in [9.17, 15) is 0 Å². The molecule has 29 heavy (non-hydrogen) atoms. The number of hydrogen-bond donors (Lipinski definition) is 1. The Hall–Kier alpha value is -3.73. The van der Waals surface area contributed by atoms with Gasteiger partial charge in [0.2, 0.25) is 0 Å². The van der Waals surface area contributed by atoms with Gasteiger partial charge in [-0.15, -0.1) is 0 Å². The lowest BCUT2D eigenvalue weighted by molar-refractivity contribution is 0.415. The Bertz CT molecular complexity index is 1140. The number of ether oxygens (including phenoxy) is 1. The summed E-state index contributed by atoms with van der Waals surface area (Å²) < 4.78 is 5.22. The molecule has 1 heterocycles. The van der Waals surface area contributed by atoms with Crippen LogP contribution in [0.4, 0.5) is 5.82 Å². The molecule has 4 rings (SSSR count). The lowest BCUT2D eigenvalue weighted by Crippen LogP contribution is -2.06. The van der Waals surface area contributed by atoms with Gasteiger partial charge in [0.1, 0.15) is 5.75 Å². The fourth-order valence-electron chi connectivity index (χ4n) is 3.07. The number of methoxy groups -OCH3 is 1. The summed E-state index contributed by atoms with van der Waals surface area (Å²) in [7, 11) is 1.66. The molecular formula is C24H22N4O. The van der Waals surface area contributed by atoms with Gasteiger partial charge in [-0.25, -0.2) is 9.97 Å². The van der Waals surface area contributed by atoms with Crippen LogP contribution < -0.4 is 10.2 Å². The van der Waals surface area contributed by atoms with Crippen LogP contribution in [0.25, 0.3) is 11.0 Å². The number of rotatable bonds is 6. The molecule has 0 saturated heterocycles. The normalized spacial score (nSPS) is 11.4. The summed E-state index contributed by atoms with van der Waals surface area (Å²) >= 11 is 0. The number of hydrogen-bond acceptors (Lipinski definition) is 5. The van der Waals surface area contributed by atoms with Crippen LogP contribution in [0.2, 0.25) is 0 Å². The van der Waals surface area contributed by atoms with E-state index in [4.69, 9.17) is 14.7 Å². The van der Waals surface area contributed by atoms with E-state index in [1.807, 2.05) is 73.7 Å². The van der Waals surface area contributed by atoms with Crippen LogP contribution in [0.1, 0.15) is 23.7 Å². The summed E-state index contributed by atoms with van der Waals surface area (Å²) in [4.78, 5) is 9.60. The van der Waals surface area contributed by atoms with Crippen molar-refractivity contribution in [2.24, 2.45) is 5.10 Å². The standard InChI is InChI=1S/C24H22N4O/c1-17(19-12-14-20(29-2)15-13-19)27-28-24-23(16-18-8-4-3-5-9-18)25-21-10-6-7-11-22(21)26-24/h3-15H,16H2,1-2H3,(H,26,28)/b27-17+. The van der Waals surface area contributed by atoms with Crippen molar-refractivity contribution in [3.8, 4) is 5.75 Å². The molecule has 144 valence electrons. The first-order chi connectivity index (χ1) is 14.2. The quantitative estimate of drug-likeness (QED) is 0.374. The Morgan fingerprint density at radius 3 is 2.21 bits per heavy atom. The van der Waals surface area contributed by atoms with E-state index in [-0.39, 0.29) is 0 Å². The number of anilines is 1. The zero-order valence-electron chi connectivity index (χ0n) is 16.5. The topological polar surface area (TPSA) is 59.4 Å². The highest BCUT2D eigenvalue weighted by Gasteiger charge is 2.10. The van der Waals surface area contributed by atoms with Crippen molar-refractivity contribution in [2.45, 2.75) is 13.3 Å². The van der Waals surface area contributed by atoms with Crippen molar-refractivity contribution < 1.29 is 4.74 Å². The molecule has 3 aromatic carbocycles. The summed E-state index contributed by atoms with van der Waals surface area (Å²) in [6.45, 7) is 1.96. The first-order valence-corrected chi connectivity index (χ1v) is 9.47. The van der Waals surface area contributed by atoms with Crippen molar-refractivity contribution in [1.29, 1.82) is 0 Å². The summed E-state index contributed by atoms with van der Waals surface area (Å²) in [5.74, 6) is 1.49. The third-order valence-electron chi connectivity index (χ3n) is 4.69. The zero-order valence-corrected chi connectivity index (χ0v) is 16.5. The first kappa shape index (κ1) is 18.6. The number of fused-ring (bicyclic) bond motifs is 1. The van der Waals surface area contributed by atoms with Crippen molar-refractivity contribution in [3.05, 3.63) is 95.7 Å². The maximum absolute atomic E-state index is 5.22. The monoisotopic (exact) mass is 382 g/mol. The molecular weight excluding hydrogens is 360 g/mol. The van der Waals surface area contributed by atoms with Crippen LogP contribution in [0, 0.1) is 0 Å². The number of nitrogens with zero attached hydrogens (tertiary/aromatic N) is 3. The van der Waals surface area contributed by atoms with E-state index in [1.54, 1.807) is 7.11 Å². The van der Waals surface area contributed by atoms with Gasteiger partial charge in [0.05, 0.1) is 29.5 Å². The lowest BCUT2D eigenvalue weighted by atomic mass is 10.1. The van der Waals surface area contributed by atoms with Crippen molar-refractivity contribution in [2.75, 3.05) is 12.5 Å². The lowest BCUT2D eigenvalue weighted by Gasteiger charge is -2.10. The molecule has 0 unspecified atom stereocenters. The fraction of sp³-hybridized carbons (Fsp3) is 0.125. The Morgan fingerprint density at radius 2 is 1.52 bits per heavy atom. The second kappa shape index (κ2) is 8.52. The highest BCUT2D eigenvalue weighted by atomic mass is 16.5. The van der Waals surface area contributed by atoms with Crippen LogP contribution in [-0.2, 0) is 6.42 Å². The average Bonchev–Trinajstić information content (AvgIpc) is 2.78. The maximum Gasteiger partial charge on any atom is 0.169 e. The van der Waals surface area contributed by atoms with Crippen molar-refractivity contribution in [3.63, 3.8) is 0 Å². The predicted octanol–water partition coefficient (Wildman–Crippen LogP) is 5.07. The summed E-state index contributed by atoms with van der Waals surface area (Å²) in [6, 6.07) is 25.9. The molecule has 0 amide bonds. The number of aromatic nitrogens is 2. The van der Waals surface area contributed by atoms with Crippen LogP contribution in [0.5, 0.6) is 5.75 Å². The molecule has 0 bridgehead atoms. The molecule has 0 aliphatic carbocycles. The molecule has 0 atom stereocenters. The van der Waals surface area contributed by atoms with Gasteiger partial charge in [0.15, 0.2) is 5.82 Å². The minimum atomic E-state index is 0.667. The molecule has 1 aromatic heterocycles. The van der Waals surface area contributed by atoms with E-state index in [2.05, 4.69) is 22.7 Å². The smallest absolute Gasteiger partial charge is 0.169 e. The number of hydrazone groups is 1. The van der Waals surface area contributed by atoms with Gasteiger partial charge in [-0.05, 0) is 54.4 Å². The second-order valence-corrected chi connectivity index (χ2v) is 6.71. The predicted molar refractivity (Wildman–Crippen MR) is 118 cm³/mol. The Morgan fingerprint density at radius 1 is 0.862 bits per heavy atom. The second-order valence-electron chi connectivity index (χ2n) is 6.71. The molecule has 5 heteroatoms. The third kappa shape index (κ3) is 4.41. The van der Waals surface area contributed by atoms with Gasteiger partial charge in [0.25, 0.3) is 0 Å². The van der Waals surface area contributed by atoms with Gasteiger partial charge in [-0.1, -0.05) is 42.5 Å². The van der Waals surface area contributed by atoms with Crippen molar-refractivity contribution >= 4 is 22.6 Å². The molecule has 4 aromatic rings. The van der Waals surface area contributed by atoms with Gasteiger partial charge in [-0.2, -0.15) is 5.10 Å². The first-order valence-electron chi connectivity index (χ1n) is 9.47. The summed E-state index contributed by atoms with van der Waals surface area (Å²) in [5.41, 5.74) is 8.75. The van der Waals surface area contributed by atoms with Crippen LogP contribution in [0.3, 0.4) is 0 Å². The molecule has 0 spiro atoms. The fourth-order valence-corrected chi connectivity index (χ4v) is 3.07. The van der Waals surface area contributed by atoms with Gasteiger partial charge in [-0.3, -0.25) is 5.43 Å². The highest BCUT2D eigenvalue weighted by Crippen LogP contribution is 2.20. The Kier molecular flexibility index (Phi) is 5.47. The number of para-hydroxylation sites is 2. The zero-order chi connectivity index (χ0) is 20.1. The summed E-state index contributed by atoms with van der Waals surface area (Å²) in [6.07, 6.45) is 0.679. The highest BCUT2D eigenvalue weighted by molar-refractivity contribution is 5.99. The van der Waals surface area contributed by atoms with Crippen LogP contribution in [-0.4, -0.2) is 22.8 Å². The molecule has 0 fully saturated rings. The molecule has 0 saturated carbocycles. The van der Waals surface area contributed by atoms with Gasteiger partial charge >= 0.3 is 0 Å². The van der Waals surface area contributed by atoms with E-state index >= 15 is 0 Å². The van der Waals surface area contributed by atoms with E-state index in [1.165, 1.54) is 5.56 Å². The van der Waals surface area contributed by atoms with Crippen molar-refractivity contribution in [1.82, 2.24) is 9.97 Å². The number of benzene rings is 3. The Balaban J connectivity index is 1.66. The molecule has 0 aliphatic rings. The van der Waals surface area contributed by atoms with E-state index < -0.39 is 0 Å². The van der Waals surface area contributed by atoms with Gasteiger partial charge < -0.3 is 4.74 Å². The third-order valence-corrected chi connectivity index (χ3v) is 4.69. The Labute approximate surface area is 170 Å².